The Morgan fingerprint density at radius 1 is 1.06 bits per heavy atom. The van der Waals surface area contributed by atoms with Gasteiger partial charge in [-0.1, -0.05) is 61.4 Å². The highest BCUT2D eigenvalue weighted by Gasteiger charge is 2.26. The van der Waals surface area contributed by atoms with Crippen molar-refractivity contribution in [2.45, 2.75) is 70.1 Å². The van der Waals surface area contributed by atoms with Crippen molar-refractivity contribution in [1.82, 2.24) is 5.32 Å². The minimum Gasteiger partial charge on any atom is -0.489 e. The summed E-state index contributed by atoms with van der Waals surface area (Å²) >= 11 is 0. The van der Waals surface area contributed by atoms with Crippen LogP contribution in [0.3, 0.4) is 0 Å². The van der Waals surface area contributed by atoms with E-state index in [1.54, 1.807) is 24.3 Å². The lowest BCUT2D eigenvalue weighted by Gasteiger charge is -2.26. The molecule has 1 saturated carbocycles. The number of carbonyl (C=O) groups is 1. The third-order valence-electron chi connectivity index (χ3n) is 5.62. The molecule has 0 spiro atoms. The summed E-state index contributed by atoms with van der Waals surface area (Å²) in [5.41, 5.74) is 1.62. The van der Waals surface area contributed by atoms with Crippen molar-refractivity contribution in [3.05, 3.63) is 65.7 Å². The van der Waals surface area contributed by atoms with Crippen LogP contribution in [-0.4, -0.2) is 35.9 Å². The van der Waals surface area contributed by atoms with E-state index in [0.29, 0.717) is 18.0 Å². The molecule has 168 valence electrons. The first kappa shape index (κ1) is 23.3. The first-order chi connectivity index (χ1) is 14.8. The van der Waals surface area contributed by atoms with E-state index >= 15 is 0 Å². The van der Waals surface area contributed by atoms with Gasteiger partial charge in [-0.15, -0.1) is 0 Å². The number of aliphatic hydroxyl groups is 1. The van der Waals surface area contributed by atoms with Crippen molar-refractivity contribution in [1.29, 1.82) is 0 Å². The van der Waals surface area contributed by atoms with Crippen LogP contribution in [0.5, 0.6) is 5.75 Å². The maximum atomic E-state index is 12.6. The highest BCUT2D eigenvalue weighted by Crippen LogP contribution is 2.38. The summed E-state index contributed by atoms with van der Waals surface area (Å²) in [5, 5.41) is 13.8. The number of nitrogens with one attached hydrogen (secondary N) is 1. The van der Waals surface area contributed by atoms with Gasteiger partial charge in [-0.05, 0) is 56.7 Å². The molecule has 2 aromatic carbocycles. The summed E-state index contributed by atoms with van der Waals surface area (Å²) in [6.07, 6.45) is 3.05. The minimum absolute atomic E-state index is 0.134. The molecule has 0 saturated heterocycles. The van der Waals surface area contributed by atoms with Crippen LogP contribution in [0.1, 0.15) is 69.6 Å². The van der Waals surface area contributed by atoms with Gasteiger partial charge in [-0.2, -0.15) is 0 Å². The Hall–Kier alpha value is -2.37. The molecule has 1 fully saturated rings. The van der Waals surface area contributed by atoms with E-state index in [2.05, 4.69) is 38.2 Å². The van der Waals surface area contributed by atoms with Gasteiger partial charge in [0.15, 0.2) is 6.10 Å². The van der Waals surface area contributed by atoms with Crippen LogP contribution in [0.25, 0.3) is 0 Å². The zero-order chi connectivity index (χ0) is 22.3. The Balaban J connectivity index is 1.67. The average Bonchev–Trinajstić information content (AvgIpc) is 3.30. The van der Waals surface area contributed by atoms with E-state index in [1.807, 2.05) is 18.2 Å². The number of aliphatic hydroxyl groups excluding tert-OH is 1. The smallest absolute Gasteiger partial charge is 0.340 e. The van der Waals surface area contributed by atoms with Crippen molar-refractivity contribution in [3.8, 4) is 5.75 Å². The number of rotatable bonds is 9. The normalized spacial score (nSPS) is 16.6. The lowest BCUT2D eigenvalue weighted by Crippen LogP contribution is -2.44. The van der Waals surface area contributed by atoms with E-state index in [9.17, 15) is 9.90 Å². The monoisotopic (exact) mass is 425 g/mol. The fourth-order valence-corrected chi connectivity index (χ4v) is 3.92. The summed E-state index contributed by atoms with van der Waals surface area (Å²) in [6, 6.07) is 17.0. The van der Waals surface area contributed by atoms with Crippen molar-refractivity contribution in [2.75, 3.05) is 13.2 Å². The third-order valence-corrected chi connectivity index (χ3v) is 5.62. The number of esters is 1. The molecule has 0 bridgehead atoms. The molecule has 2 atom stereocenters. The number of carbonyl (C=O) groups excluding carboxylic acids is 1. The van der Waals surface area contributed by atoms with Crippen LogP contribution in [0, 0.1) is 0 Å². The van der Waals surface area contributed by atoms with Gasteiger partial charge >= 0.3 is 5.97 Å². The molecule has 0 amide bonds. The van der Waals surface area contributed by atoms with E-state index in [0.717, 1.165) is 5.75 Å². The summed E-state index contributed by atoms with van der Waals surface area (Å²) in [7, 11) is 0. The SMILES string of the molecule is CC(C)(C)NCC(COc1ccccc1C1CCCC1)OC(=O)C(O)c1ccccc1. The van der Waals surface area contributed by atoms with Gasteiger partial charge < -0.3 is 19.9 Å². The fraction of sp³-hybridized carbons (Fsp3) is 0.500. The number of para-hydroxylation sites is 1. The number of hydrogen-bond acceptors (Lipinski definition) is 5. The zero-order valence-electron chi connectivity index (χ0n) is 18.8. The van der Waals surface area contributed by atoms with Crippen molar-refractivity contribution in [3.63, 3.8) is 0 Å². The molecule has 0 radical (unpaired) electrons. The lowest BCUT2D eigenvalue weighted by atomic mass is 9.97. The summed E-state index contributed by atoms with van der Waals surface area (Å²) < 4.78 is 11.8. The van der Waals surface area contributed by atoms with Gasteiger partial charge in [0.1, 0.15) is 18.5 Å². The third kappa shape index (κ3) is 7.08. The predicted octanol–water partition coefficient (Wildman–Crippen LogP) is 4.76. The Labute approximate surface area is 185 Å². The molecule has 31 heavy (non-hydrogen) atoms. The molecule has 5 heteroatoms. The average molecular weight is 426 g/mol. The van der Waals surface area contributed by atoms with Crippen LogP contribution in [0.2, 0.25) is 0 Å². The van der Waals surface area contributed by atoms with Crippen LogP contribution < -0.4 is 10.1 Å². The molecular weight excluding hydrogens is 390 g/mol. The predicted molar refractivity (Wildman–Crippen MR) is 122 cm³/mol. The molecule has 2 unspecified atom stereocenters. The second-order valence-electron chi connectivity index (χ2n) is 9.33. The second-order valence-corrected chi connectivity index (χ2v) is 9.33. The maximum absolute atomic E-state index is 12.6. The van der Waals surface area contributed by atoms with Crippen molar-refractivity contribution in [2.24, 2.45) is 0 Å². The van der Waals surface area contributed by atoms with E-state index in [4.69, 9.17) is 9.47 Å². The zero-order valence-corrected chi connectivity index (χ0v) is 18.8. The fourth-order valence-electron chi connectivity index (χ4n) is 3.92. The van der Waals surface area contributed by atoms with Gasteiger partial charge in [0, 0.05) is 12.1 Å². The van der Waals surface area contributed by atoms with E-state index in [1.165, 1.54) is 31.2 Å². The molecule has 1 aliphatic carbocycles. The molecular formula is C26H35NO4. The molecule has 0 aliphatic heterocycles. The first-order valence-electron chi connectivity index (χ1n) is 11.2. The quantitative estimate of drug-likeness (QED) is 0.567. The Bertz CT molecular complexity index is 825. The number of ether oxygens (including phenoxy) is 2. The van der Waals surface area contributed by atoms with Crippen molar-refractivity contribution < 1.29 is 19.4 Å². The molecule has 0 aromatic heterocycles. The van der Waals surface area contributed by atoms with Crippen LogP contribution >= 0.6 is 0 Å². The molecule has 0 heterocycles. The summed E-state index contributed by atoms with van der Waals surface area (Å²) in [5.74, 6) is 0.721. The van der Waals surface area contributed by atoms with Gasteiger partial charge in [0.2, 0.25) is 0 Å². The second kappa shape index (κ2) is 10.8. The molecule has 2 N–H and O–H groups in total. The van der Waals surface area contributed by atoms with Gasteiger partial charge in [-0.3, -0.25) is 0 Å². The van der Waals surface area contributed by atoms with E-state index < -0.39 is 18.2 Å². The van der Waals surface area contributed by atoms with Crippen molar-refractivity contribution >= 4 is 5.97 Å². The molecule has 5 nitrogen and oxygen atoms in total. The molecule has 1 aliphatic rings. The standard InChI is InChI=1S/C26H35NO4/c1-26(2,3)27-17-21(31-25(29)24(28)20-13-5-4-6-14-20)18-30-23-16-10-9-15-22(23)19-11-7-8-12-19/h4-6,9-10,13-16,19,21,24,27-28H,7-8,11-12,17-18H2,1-3H3. The van der Waals surface area contributed by atoms with E-state index in [-0.39, 0.29) is 12.1 Å². The molecule has 3 rings (SSSR count). The Kier molecular flexibility index (Phi) is 8.10. The highest BCUT2D eigenvalue weighted by molar-refractivity contribution is 5.76. The van der Waals surface area contributed by atoms with Gasteiger partial charge in [-0.25, -0.2) is 4.79 Å². The minimum atomic E-state index is -1.32. The number of benzene rings is 2. The Morgan fingerprint density at radius 2 is 1.71 bits per heavy atom. The maximum Gasteiger partial charge on any atom is 0.340 e. The largest absolute Gasteiger partial charge is 0.489 e. The number of hydrogen-bond donors (Lipinski definition) is 2. The van der Waals surface area contributed by atoms with Crippen LogP contribution in [0.4, 0.5) is 0 Å². The summed E-state index contributed by atoms with van der Waals surface area (Å²) in [4.78, 5) is 12.6. The summed E-state index contributed by atoms with van der Waals surface area (Å²) in [6.45, 7) is 6.82. The first-order valence-corrected chi connectivity index (χ1v) is 11.2. The topological polar surface area (TPSA) is 67.8 Å². The molecule has 2 aromatic rings. The van der Waals surface area contributed by atoms with Crippen LogP contribution in [0.15, 0.2) is 54.6 Å². The van der Waals surface area contributed by atoms with Gasteiger partial charge in [0.25, 0.3) is 0 Å². The van der Waals surface area contributed by atoms with Crippen LogP contribution in [-0.2, 0) is 9.53 Å². The lowest BCUT2D eigenvalue weighted by molar-refractivity contribution is -0.161. The Morgan fingerprint density at radius 3 is 2.39 bits per heavy atom. The van der Waals surface area contributed by atoms with Gasteiger partial charge in [0.05, 0.1) is 0 Å². The highest BCUT2D eigenvalue weighted by atomic mass is 16.6.